The molecule has 0 amide bonds. The van der Waals surface area contributed by atoms with Crippen molar-refractivity contribution >= 4 is 5.78 Å². The molecule has 1 aromatic rings. The van der Waals surface area contributed by atoms with Crippen molar-refractivity contribution in [1.29, 1.82) is 0 Å². The van der Waals surface area contributed by atoms with Gasteiger partial charge in [0.2, 0.25) is 0 Å². The fourth-order valence-electron chi connectivity index (χ4n) is 3.26. The van der Waals surface area contributed by atoms with Gasteiger partial charge in [0.25, 0.3) is 0 Å². The van der Waals surface area contributed by atoms with Crippen molar-refractivity contribution in [2.75, 3.05) is 20.7 Å². The van der Waals surface area contributed by atoms with Crippen LogP contribution >= 0.6 is 0 Å². The molecule has 1 aliphatic carbocycles. The Hall–Kier alpha value is -1.35. The topological polar surface area (TPSA) is 29.5 Å². The van der Waals surface area contributed by atoms with Crippen molar-refractivity contribution in [2.45, 2.75) is 51.0 Å². The van der Waals surface area contributed by atoms with Gasteiger partial charge in [-0.1, -0.05) is 38.3 Å². The average molecular weight is 289 g/mol. The number of hydrogen-bond donors (Lipinski definition) is 0. The van der Waals surface area contributed by atoms with E-state index in [1.165, 1.54) is 6.42 Å². The zero-order chi connectivity index (χ0) is 15.3. The Morgan fingerprint density at radius 1 is 1.19 bits per heavy atom. The molecule has 3 heteroatoms. The van der Waals surface area contributed by atoms with Crippen LogP contribution in [-0.4, -0.2) is 36.9 Å². The fraction of sp³-hybridized carbons (Fsp3) is 0.611. The molecule has 0 saturated heterocycles. The fourth-order valence-corrected chi connectivity index (χ4v) is 3.26. The smallest absolute Gasteiger partial charge is 0.186 e. The van der Waals surface area contributed by atoms with E-state index in [9.17, 15) is 4.79 Å². The summed E-state index contributed by atoms with van der Waals surface area (Å²) in [4.78, 5) is 15.3. The van der Waals surface area contributed by atoms with E-state index in [0.29, 0.717) is 6.61 Å². The number of para-hydroxylation sites is 1. The molecular formula is C18H27NO2. The minimum atomic E-state index is -0.357. The number of rotatable bonds is 6. The second kappa shape index (κ2) is 7.08. The second-order valence-corrected chi connectivity index (χ2v) is 6.16. The van der Waals surface area contributed by atoms with Gasteiger partial charge in [-0.05, 0) is 45.5 Å². The molecule has 2 rings (SSSR count). The normalized spacial score (nSPS) is 17.7. The minimum absolute atomic E-state index is 0.221. The summed E-state index contributed by atoms with van der Waals surface area (Å²) in [5, 5.41) is 0. The van der Waals surface area contributed by atoms with E-state index < -0.39 is 0 Å². The van der Waals surface area contributed by atoms with E-state index in [4.69, 9.17) is 4.74 Å². The lowest BCUT2D eigenvalue weighted by molar-refractivity contribution is 0.0560. The standard InChI is InChI=1S/C18H27NO2/c1-4-14-21-16-11-7-6-10-15(16)17(20)18(19(2)3)12-8-5-9-13-18/h6-7,10-11H,4-5,8-9,12-14H2,1-3H3. The van der Waals surface area contributed by atoms with Gasteiger partial charge in [0.1, 0.15) is 5.75 Å². The molecule has 1 fully saturated rings. The second-order valence-electron chi connectivity index (χ2n) is 6.16. The van der Waals surface area contributed by atoms with Crippen molar-refractivity contribution in [1.82, 2.24) is 4.90 Å². The Balaban J connectivity index is 2.33. The summed E-state index contributed by atoms with van der Waals surface area (Å²) < 4.78 is 5.78. The highest BCUT2D eigenvalue weighted by Gasteiger charge is 2.42. The average Bonchev–Trinajstić information content (AvgIpc) is 2.53. The largest absolute Gasteiger partial charge is 0.493 e. The molecule has 0 bridgehead atoms. The van der Waals surface area contributed by atoms with Gasteiger partial charge in [0.05, 0.1) is 17.7 Å². The molecule has 0 atom stereocenters. The van der Waals surface area contributed by atoms with Gasteiger partial charge < -0.3 is 4.74 Å². The first-order valence-electron chi connectivity index (χ1n) is 8.06. The van der Waals surface area contributed by atoms with Gasteiger partial charge in [0.15, 0.2) is 5.78 Å². The third kappa shape index (κ3) is 3.29. The Labute approximate surface area is 128 Å². The van der Waals surface area contributed by atoms with Crippen LogP contribution < -0.4 is 4.74 Å². The summed E-state index contributed by atoms with van der Waals surface area (Å²) in [7, 11) is 4.05. The maximum absolute atomic E-state index is 13.2. The number of carbonyl (C=O) groups excluding carboxylic acids is 1. The van der Waals surface area contributed by atoms with Crippen LogP contribution in [0.2, 0.25) is 0 Å². The van der Waals surface area contributed by atoms with Gasteiger partial charge >= 0.3 is 0 Å². The quantitative estimate of drug-likeness (QED) is 0.743. The lowest BCUT2D eigenvalue weighted by atomic mass is 9.75. The molecule has 0 N–H and O–H groups in total. The van der Waals surface area contributed by atoms with Gasteiger partial charge in [0, 0.05) is 0 Å². The van der Waals surface area contributed by atoms with Crippen molar-refractivity contribution < 1.29 is 9.53 Å². The summed E-state index contributed by atoms with van der Waals surface area (Å²) >= 11 is 0. The molecule has 0 heterocycles. The molecule has 0 radical (unpaired) electrons. The van der Waals surface area contributed by atoms with Crippen LogP contribution in [0.5, 0.6) is 5.75 Å². The van der Waals surface area contributed by atoms with Crippen molar-refractivity contribution in [3.8, 4) is 5.75 Å². The molecule has 0 spiro atoms. The van der Waals surface area contributed by atoms with E-state index in [0.717, 1.165) is 43.4 Å². The Morgan fingerprint density at radius 3 is 2.48 bits per heavy atom. The highest BCUT2D eigenvalue weighted by molar-refractivity contribution is 6.05. The van der Waals surface area contributed by atoms with E-state index in [-0.39, 0.29) is 11.3 Å². The molecule has 1 saturated carbocycles. The molecular weight excluding hydrogens is 262 g/mol. The van der Waals surface area contributed by atoms with E-state index in [1.54, 1.807) is 0 Å². The first-order valence-corrected chi connectivity index (χ1v) is 8.06. The van der Waals surface area contributed by atoms with Crippen LogP contribution in [0.3, 0.4) is 0 Å². The molecule has 0 aromatic heterocycles. The lowest BCUT2D eigenvalue weighted by Crippen LogP contribution is -2.52. The summed E-state index contributed by atoms with van der Waals surface area (Å²) in [5.74, 6) is 0.954. The predicted octanol–water partition coefficient (Wildman–Crippen LogP) is 3.92. The van der Waals surface area contributed by atoms with Gasteiger partial charge in [-0.2, -0.15) is 0 Å². The molecule has 21 heavy (non-hydrogen) atoms. The zero-order valence-electron chi connectivity index (χ0n) is 13.5. The zero-order valence-corrected chi connectivity index (χ0v) is 13.5. The summed E-state index contributed by atoms with van der Waals surface area (Å²) in [6.07, 6.45) is 6.32. The third-order valence-corrected chi connectivity index (χ3v) is 4.55. The van der Waals surface area contributed by atoms with Crippen LogP contribution in [0.4, 0.5) is 0 Å². The lowest BCUT2D eigenvalue weighted by Gasteiger charge is -2.41. The van der Waals surface area contributed by atoms with Gasteiger partial charge in [-0.3, -0.25) is 9.69 Å². The molecule has 0 unspecified atom stereocenters. The molecule has 116 valence electrons. The van der Waals surface area contributed by atoms with Crippen molar-refractivity contribution in [2.24, 2.45) is 0 Å². The maximum Gasteiger partial charge on any atom is 0.186 e. The Kier molecular flexibility index (Phi) is 5.40. The first kappa shape index (κ1) is 16.0. The van der Waals surface area contributed by atoms with Crippen molar-refractivity contribution in [3.05, 3.63) is 29.8 Å². The number of carbonyl (C=O) groups is 1. The van der Waals surface area contributed by atoms with E-state index in [1.807, 2.05) is 38.4 Å². The molecule has 1 aromatic carbocycles. The number of likely N-dealkylation sites (N-methyl/N-ethyl adjacent to an activating group) is 1. The number of ether oxygens (including phenoxy) is 1. The SMILES string of the molecule is CCCOc1ccccc1C(=O)C1(N(C)C)CCCCC1. The predicted molar refractivity (Wildman–Crippen MR) is 86.1 cm³/mol. The van der Waals surface area contributed by atoms with E-state index in [2.05, 4.69) is 11.8 Å². The van der Waals surface area contributed by atoms with E-state index >= 15 is 0 Å². The van der Waals surface area contributed by atoms with Crippen LogP contribution in [0.15, 0.2) is 24.3 Å². The summed E-state index contributed by atoms with van der Waals surface area (Å²) in [6, 6.07) is 7.69. The molecule has 0 aliphatic heterocycles. The molecule has 1 aliphatic rings. The van der Waals surface area contributed by atoms with Crippen LogP contribution in [-0.2, 0) is 0 Å². The number of nitrogens with zero attached hydrogens (tertiary/aromatic N) is 1. The monoisotopic (exact) mass is 289 g/mol. The minimum Gasteiger partial charge on any atom is -0.493 e. The van der Waals surface area contributed by atoms with Gasteiger partial charge in [-0.15, -0.1) is 0 Å². The Morgan fingerprint density at radius 2 is 1.86 bits per heavy atom. The van der Waals surface area contributed by atoms with Crippen molar-refractivity contribution in [3.63, 3.8) is 0 Å². The van der Waals surface area contributed by atoms with Gasteiger partial charge in [-0.25, -0.2) is 0 Å². The molecule has 3 nitrogen and oxygen atoms in total. The van der Waals surface area contributed by atoms with Crippen LogP contribution in [0.25, 0.3) is 0 Å². The highest BCUT2D eigenvalue weighted by Crippen LogP contribution is 2.37. The number of benzene rings is 1. The summed E-state index contributed by atoms with van der Waals surface area (Å²) in [5.41, 5.74) is 0.380. The third-order valence-electron chi connectivity index (χ3n) is 4.55. The first-order chi connectivity index (χ1) is 10.1. The van der Waals surface area contributed by atoms with Crippen LogP contribution in [0, 0.1) is 0 Å². The maximum atomic E-state index is 13.2. The number of ketones is 1. The number of Topliss-reactive ketones (excluding diaryl/α,β-unsaturated/α-hetero) is 1. The summed E-state index contributed by atoms with van der Waals surface area (Å²) in [6.45, 7) is 2.73. The highest BCUT2D eigenvalue weighted by atomic mass is 16.5. The van der Waals surface area contributed by atoms with Crippen LogP contribution in [0.1, 0.15) is 55.8 Å². The number of hydrogen-bond acceptors (Lipinski definition) is 3. The Bertz CT molecular complexity index is 476.